The van der Waals surface area contributed by atoms with E-state index in [1.165, 1.54) is 0 Å². The van der Waals surface area contributed by atoms with Gasteiger partial charge in [0, 0.05) is 0 Å². The van der Waals surface area contributed by atoms with Crippen LogP contribution in [-0.4, -0.2) is 25.1 Å². The van der Waals surface area contributed by atoms with E-state index in [1.54, 1.807) is 0 Å². The summed E-state index contributed by atoms with van der Waals surface area (Å²) in [4.78, 5) is 4.40. The molecule has 16 heavy (non-hydrogen) atoms. The van der Waals surface area contributed by atoms with Crippen LogP contribution in [0.15, 0.2) is 30.3 Å². The SMILES string of the molecule is Cc1cc(C)n(-c2cccc(Cl)c2)c(=[Se])n1. The van der Waals surface area contributed by atoms with Gasteiger partial charge in [-0.1, -0.05) is 0 Å². The molecule has 2 nitrogen and oxygen atoms in total. The van der Waals surface area contributed by atoms with Gasteiger partial charge in [0.05, 0.1) is 0 Å². The van der Waals surface area contributed by atoms with Crippen LogP contribution >= 0.6 is 11.6 Å². The van der Waals surface area contributed by atoms with Gasteiger partial charge >= 0.3 is 107 Å². The molecule has 0 atom stereocenters. The van der Waals surface area contributed by atoms with Gasteiger partial charge in [-0.05, 0) is 0 Å². The average molecular weight is 298 g/mol. The van der Waals surface area contributed by atoms with E-state index in [9.17, 15) is 0 Å². The monoisotopic (exact) mass is 298 g/mol. The number of nitrogens with zero attached hydrogens (tertiary/aromatic N) is 2. The molecule has 0 saturated carbocycles. The van der Waals surface area contributed by atoms with Crippen LogP contribution in [0.3, 0.4) is 0 Å². The van der Waals surface area contributed by atoms with Crippen molar-refractivity contribution in [3.8, 4) is 5.69 Å². The van der Waals surface area contributed by atoms with Crippen molar-refractivity contribution in [1.82, 2.24) is 9.55 Å². The molecule has 1 aromatic carbocycles. The molecule has 0 aliphatic heterocycles. The summed E-state index contributed by atoms with van der Waals surface area (Å²) in [5.74, 6) is 0. The Bertz CT molecular complexity index is 590. The van der Waals surface area contributed by atoms with Crippen LogP contribution in [0.5, 0.6) is 0 Å². The van der Waals surface area contributed by atoms with E-state index in [-0.39, 0.29) is 0 Å². The molecule has 2 rings (SSSR count). The van der Waals surface area contributed by atoms with Crippen molar-refractivity contribution in [3.05, 3.63) is 51.1 Å². The molecule has 0 aliphatic carbocycles. The summed E-state index contributed by atoms with van der Waals surface area (Å²) in [5.41, 5.74) is 3.15. The molecule has 0 aliphatic rings. The van der Waals surface area contributed by atoms with E-state index in [2.05, 4.69) is 27.5 Å². The first-order valence-electron chi connectivity index (χ1n) is 4.91. The summed E-state index contributed by atoms with van der Waals surface area (Å²) < 4.78 is 2.89. The zero-order chi connectivity index (χ0) is 11.7. The molecule has 0 bridgehead atoms. The van der Waals surface area contributed by atoms with Crippen molar-refractivity contribution in [2.24, 2.45) is 0 Å². The molecule has 0 saturated heterocycles. The summed E-state index contributed by atoms with van der Waals surface area (Å²) in [6, 6.07) is 9.77. The van der Waals surface area contributed by atoms with Gasteiger partial charge in [0.2, 0.25) is 0 Å². The second kappa shape index (κ2) is 4.54. The fourth-order valence-electron chi connectivity index (χ4n) is 1.68. The Kier molecular flexibility index (Phi) is 3.29. The van der Waals surface area contributed by atoms with Crippen molar-refractivity contribution in [1.29, 1.82) is 0 Å². The quantitative estimate of drug-likeness (QED) is 0.740. The third kappa shape index (κ3) is 2.27. The van der Waals surface area contributed by atoms with Gasteiger partial charge in [-0.25, -0.2) is 0 Å². The Morgan fingerprint density at radius 2 is 2.00 bits per heavy atom. The maximum atomic E-state index is 5.99. The minimum absolute atomic E-state index is 0.726. The third-order valence-corrected chi connectivity index (χ3v) is 3.11. The number of hydrogen-bond acceptors (Lipinski definition) is 1. The second-order valence-electron chi connectivity index (χ2n) is 3.64. The Morgan fingerprint density at radius 1 is 1.25 bits per heavy atom. The molecule has 1 heterocycles. The maximum absolute atomic E-state index is 5.99. The average Bonchev–Trinajstić information content (AvgIpc) is 2.15. The van der Waals surface area contributed by atoms with Crippen LogP contribution < -0.4 is 0 Å². The molecule has 0 amide bonds. The van der Waals surface area contributed by atoms with E-state index in [4.69, 9.17) is 11.6 Å². The van der Waals surface area contributed by atoms with E-state index in [0.29, 0.717) is 0 Å². The van der Waals surface area contributed by atoms with Gasteiger partial charge in [-0.3, -0.25) is 0 Å². The van der Waals surface area contributed by atoms with Gasteiger partial charge < -0.3 is 0 Å². The second-order valence-corrected chi connectivity index (χ2v) is 4.84. The molecule has 0 unspecified atom stereocenters. The Hall–Kier alpha value is -0.891. The van der Waals surface area contributed by atoms with Crippen LogP contribution in [0, 0.1) is 18.2 Å². The molecule has 2 aromatic rings. The van der Waals surface area contributed by atoms with Crippen molar-refractivity contribution in [3.63, 3.8) is 0 Å². The summed E-state index contributed by atoms with van der Waals surface area (Å²) >= 11 is 8.97. The number of rotatable bonds is 1. The van der Waals surface area contributed by atoms with Gasteiger partial charge in [-0.15, -0.1) is 0 Å². The summed E-state index contributed by atoms with van der Waals surface area (Å²) in [6.45, 7) is 4.03. The molecule has 82 valence electrons. The topological polar surface area (TPSA) is 17.8 Å². The number of benzene rings is 1. The minimum atomic E-state index is 0.726. The van der Waals surface area contributed by atoms with E-state index in [0.717, 1.165) is 26.4 Å². The van der Waals surface area contributed by atoms with E-state index >= 15 is 0 Å². The molecule has 0 spiro atoms. The predicted octanol–water partition coefficient (Wildman–Crippen LogP) is 2.84. The Labute approximate surface area is 107 Å². The number of aromatic nitrogens is 2. The standard InChI is InChI=1S/C12H11ClN2Se/c1-8-6-9(2)15(12(16)14-8)11-5-3-4-10(13)7-11/h3-7H,1-2H3. The summed E-state index contributed by atoms with van der Waals surface area (Å²) in [5, 5.41) is 0.726. The fraction of sp³-hybridized carbons (Fsp3) is 0.167. The van der Waals surface area contributed by atoms with Crippen LogP contribution in [-0.2, 0) is 0 Å². The van der Waals surface area contributed by atoms with Gasteiger partial charge in [0.25, 0.3) is 0 Å². The van der Waals surface area contributed by atoms with Crippen molar-refractivity contribution >= 4 is 27.2 Å². The summed E-state index contributed by atoms with van der Waals surface area (Å²) in [6.07, 6.45) is 0. The first kappa shape index (κ1) is 11.6. The number of aryl methyl sites for hydroxylation is 2. The number of hydrogen-bond donors (Lipinski definition) is 0. The predicted molar refractivity (Wildman–Crippen MR) is 67.0 cm³/mol. The summed E-state index contributed by atoms with van der Waals surface area (Å²) in [7, 11) is 0. The van der Waals surface area contributed by atoms with Crippen LogP contribution in [0.4, 0.5) is 0 Å². The zero-order valence-electron chi connectivity index (χ0n) is 9.07. The van der Waals surface area contributed by atoms with Crippen LogP contribution in [0.1, 0.15) is 11.4 Å². The normalized spacial score (nSPS) is 10.4. The Morgan fingerprint density at radius 3 is 2.62 bits per heavy atom. The van der Waals surface area contributed by atoms with Crippen LogP contribution in [0.2, 0.25) is 5.02 Å². The van der Waals surface area contributed by atoms with E-state index < -0.39 is 0 Å². The van der Waals surface area contributed by atoms with Crippen molar-refractivity contribution in [2.75, 3.05) is 0 Å². The van der Waals surface area contributed by atoms with Crippen molar-refractivity contribution in [2.45, 2.75) is 13.8 Å². The first-order chi connectivity index (χ1) is 7.58. The van der Waals surface area contributed by atoms with Crippen LogP contribution in [0.25, 0.3) is 5.69 Å². The molecular weight excluding hydrogens is 287 g/mol. The van der Waals surface area contributed by atoms with Gasteiger partial charge in [-0.2, -0.15) is 0 Å². The fourth-order valence-corrected chi connectivity index (χ4v) is 2.69. The van der Waals surface area contributed by atoms with Gasteiger partial charge in [0.15, 0.2) is 0 Å². The third-order valence-electron chi connectivity index (χ3n) is 2.30. The number of halogens is 1. The van der Waals surface area contributed by atoms with Crippen molar-refractivity contribution < 1.29 is 0 Å². The van der Waals surface area contributed by atoms with E-state index in [1.807, 2.05) is 41.8 Å². The molecule has 0 N–H and O–H groups in total. The molecule has 4 heteroatoms. The first-order valence-corrected chi connectivity index (χ1v) is 6.14. The zero-order valence-corrected chi connectivity index (χ0v) is 11.5. The Balaban J connectivity index is 2.70. The molecule has 1 aromatic heterocycles. The molecule has 0 fully saturated rings. The van der Waals surface area contributed by atoms with Gasteiger partial charge in [0.1, 0.15) is 0 Å². The molecular formula is C12H11ClN2Se. The molecule has 0 radical (unpaired) electrons.